The molecule has 0 heterocycles. The number of rotatable bonds is 7. The molecule has 0 fully saturated rings. The van der Waals surface area contributed by atoms with Crippen molar-refractivity contribution in [3.8, 4) is 5.75 Å². The van der Waals surface area contributed by atoms with Crippen molar-refractivity contribution in [2.75, 3.05) is 13.2 Å². The first-order valence-electron chi connectivity index (χ1n) is 7.50. The Labute approximate surface area is 133 Å². The minimum absolute atomic E-state index is 0.0162. The van der Waals surface area contributed by atoms with Gasteiger partial charge in [-0.3, -0.25) is 4.79 Å². The summed E-state index contributed by atoms with van der Waals surface area (Å²) in [5, 5.41) is 15.4. The van der Waals surface area contributed by atoms with Gasteiger partial charge >= 0.3 is 0 Å². The van der Waals surface area contributed by atoms with Gasteiger partial charge in [-0.1, -0.05) is 18.2 Å². The summed E-state index contributed by atoms with van der Waals surface area (Å²) < 4.78 is 5.63. The highest BCUT2D eigenvalue weighted by Gasteiger charge is 2.17. The van der Waals surface area contributed by atoms with Crippen LogP contribution < -0.4 is 15.4 Å². The fraction of sp³-hybridized carbons (Fsp3) is 0.588. The summed E-state index contributed by atoms with van der Waals surface area (Å²) in [7, 11) is 0. The number of carbonyl (C=O) groups excluding carboxylic acids is 1. The van der Waals surface area contributed by atoms with Gasteiger partial charge < -0.3 is 20.5 Å². The molecule has 1 rings (SSSR count). The molecule has 3 N–H and O–H groups in total. The first-order valence-corrected chi connectivity index (χ1v) is 7.50. The van der Waals surface area contributed by atoms with E-state index in [0.29, 0.717) is 12.3 Å². The van der Waals surface area contributed by atoms with Crippen LogP contribution in [0, 0.1) is 0 Å². The Morgan fingerprint density at radius 2 is 1.82 bits per heavy atom. The Morgan fingerprint density at radius 3 is 2.41 bits per heavy atom. The molecule has 0 spiro atoms. The summed E-state index contributed by atoms with van der Waals surface area (Å²) in [6.07, 6.45) is 0. The zero-order valence-electron chi connectivity index (χ0n) is 14.2. The van der Waals surface area contributed by atoms with E-state index in [0.717, 1.165) is 5.56 Å². The van der Waals surface area contributed by atoms with Crippen molar-refractivity contribution in [1.82, 2.24) is 10.6 Å². The van der Waals surface area contributed by atoms with Gasteiger partial charge in [-0.2, -0.15) is 0 Å². The standard InChI is InChI=1S/C17H28N2O3/c1-16(2,3)19-15(21)11-22-14-9-7-6-8-13(14)10-18-17(4,5)12-20/h6-9,18,20H,10-12H2,1-5H3,(H,19,21). The van der Waals surface area contributed by atoms with Gasteiger partial charge in [-0.05, 0) is 40.7 Å². The number of amides is 1. The monoisotopic (exact) mass is 308 g/mol. The third-order valence-electron chi connectivity index (χ3n) is 3.00. The lowest BCUT2D eigenvalue weighted by Gasteiger charge is -2.24. The topological polar surface area (TPSA) is 70.6 Å². The predicted octanol–water partition coefficient (Wildman–Crippen LogP) is 1.84. The highest BCUT2D eigenvalue weighted by atomic mass is 16.5. The molecule has 5 nitrogen and oxygen atoms in total. The van der Waals surface area contributed by atoms with Gasteiger partial charge in [-0.15, -0.1) is 0 Å². The Hall–Kier alpha value is -1.59. The highest BCUT2D eigenvalue weighted by molar-refractivity contribution is 5.78. The van der Waals surface area contributed by atoms with E-state index in [4.69, 9.17) is 4.74 Å². The van der Waals surface area contributed by atoms with Crippen molar-refractivity contribution in [1.29, 1.82) is 0 Å². The molecule has 0 aliphatic rings. The van der Waals surface area contributed by atoms with Crippen molar-refractivity contribution in [2.45, 2.75) is 52.2 Å². The lowest BCUT2D eigenvalue weighted by molar-refractivity contribution is -0.124. The Bertz CT molecular complexity index is 493. The predicted molar refractivity (Wildman–Crippen MR) is 87.8 cm³/mol. The lowest BCUT2D eigenvalue weighted by atomic mass is 10.1. The fourth-order valence-electron chi connectivity index (χ4n) is 1.78. The minimum atomic E-state index is -0.364. The molecule has 0 aromatic heterocycles. The van der Waals surface area contributed by atoms with Crippen LogP contribution in [0.2, 0.25) is 0 Å². The molecule has 0 aliphatic heterocycles. The van der Waals surface area contributed by atoms with Crippen LogP contribution in [0.1, 0.15) is 40.2 Å². The van der Waals surface area contributed by atoms with Gasteiger partial charge in [0, 0.05) is 23.2 Å². The molecular formula is C17H28N2O3. The molecule has 124 valence electrons. The van der Waals surface area contributed by atoms with E-state index in [1.807, 2.05) is 58.9 Å². The van der Waals surface area contributed by atoms with Gasteiger partial charge in [0.1, 0.15) is 5.75 Å². The molecule has 1 aromatic carbocycles. The van der Waals surface area contributed by atoms with Gasteiger partial charge in [0.05, 0.1) is 6.61 Å². The van der Waals surface area contributed by atoms with E-state index in [2.05, 4.69) is 10.6 Å². The van der Waals surface area contributed by atoms with E-state index >= 15 is 0 Å². The Morgan fingerprint density at radius 1 is 1.18 bits per heavy atom. The molecule has 0 unspecified atom stereocenters. The van der Waals surface area contributed by atoms with Crippen LogP contribution in [0.4, 0.5) is 0 Å². The summed E-state index contributed by atoms with van der Waals surface area (Å²) in [6, 6.07) is 7.58. The normalized spacial score (nSPS) is 12.1. The van der Waals surface area contributed by atoms with E-state index in [-0.39, 0.29) is 30.2 Å². The average molecular weight is 308 g/mol. The molecule has 0 bridgehead atoms. The number of carbonyl (C=O) groups is 1. The smallest absolute Gasteiger partial charge is 0.258 e. The Kier molecular flexibility index (Phi) is 6.38. The van der Waals surface area contributed by atoms with Crippen LogP contribution >= 0.6 is 0 Å². The Balaban J connectivity index is 2.62. The molecule has 22 heavy (non-hydrogen) atoms. The molecule has 1 aromatic rings. The first-order chi connectivity index (χ1) is 10.1. The van der Waals surface area contributed by atoms with Crippen LogP contribution in [0.15, 0.2) is 24.3 Å². The number of hydrogen-bond donors (Lipinski definition) is 3. The number of nitrogens with one attached hydrogen (secondary N) is 2. The number of para-hydroxylation sites is 1. The molecule has 5 heteroatoms. The first kappa shape index (κ1) is 18.5. The van der Waals surface area contributed by atoms with E-state index in [1.165, 1.54) is 0 Å². The third kappa shape index (κ3) is 6.91. The quantitative estimate of drug-likeness (QED) is 0.719. The summed E-state index contributed by atoms with van der Waals surface area (Å²) in [4.78, 5) is 11.8. The van der Waals surface area contributed by atoms with Crippen LogP contribution in [0.5, 0.6) is 5.75 Å². The molecule has 0 atom stereocenters. The van der Waals surface area contributed by atoms with E-state index in [1.54, 1.807) is 0 Å². The van der Waals surface area contributed by atoms with E-state index < -0.39 is 0 Å². The minimum Gasteiger partial charge on any atom is -0.483 e. The summed E-state index contributed by atoms with van der Waals surface area (Å²) in [6.45, 7) is 10.2. The lowest BCUT2D eigenvalue weighted by Crippen LogP contribution is -2.43. The highest BCUT2D eigenvalue weighted by Crippen LogP contribution is 2.18. The summed E-state index contributed by atoms with van der Waals surface area (Å²) in [5.41, 5.74) is 0.316. The zero-order chi connectivity index (χ0) is 16.8. The van der Waals surface area contributed by atoms with Crippen molar-refractivity contribution in [3.63, 3.8) is 0 Å². The number of aliphatic hydroxyl groups is 1. The van der Waals surface area contributed by atoms with Crippen LogP contribution in [-0.4, -0.2) is 35.3 Å². The maximum absolute atomic E-state index is 11.8. The second-order valence-corrected chi connectivity index (χ2v) is 7.09. The molecule has 0 radical (unpaired) electrons. The number of hydrogen-bond acceptors (Lipinski definition) is 4. The molecule has 1 amide bonds. The van der Waals surface area contributed by atoms with Crippen molar-refractivity contribution < 1.29 is 14.6 Å². The molecule has 0 aliphatic carbocycles. The molecule has 0 saturated carbocycles. The number of benzene rings is 1. The number of ether oxygens (including phenoxy) is 1. The third-order valence-corrected chi connectivity index (χ3v) is 3.00. The van der Waals surface area contributed by atoms with Crippen LogP contribution in [0.25, 0.3) is 0 Å². The zero-order valence-corrected chi connectivity index (χ0v) is 14.2. The van der Waals surface area contributed by atoms with Crippen molar-refractivity contribution in [2.24, 2.45) is 0 Å². The second kappa shape index (κ2) is 7.61. The molecular weight excluding hydrogens is 280 g/mol. The summed E-state index contributed by atoms with van der Waals surface area (Å²) >= 11 is 0. The van der Waals surface area contributed by atoms with Crippen molar-refractivity contribution in [3.05, 3.63) is 29.8 Å². The fourth-order valence-corrected chi connectivity index (χ4v) is 1.78. The van der Waals surface area contributed by atoms with Gasteiger partial charge in [-0.25, -0.2) is 0 Å². The second-order valence-electron chi connectivity index (χ2n) is 7.09. The summed E-state index contributed by atoms with van der Waals surface area (Å²) in [5.74, 6) is 0.527. The molecule has 0 saturated heterocycles. The van der Waals surface area contributed by atoms with Gasteiger partial charge in [0.25, 0.3) is 5.91 Å². The largest absolute Gasteiger partial charge is 0.483 e. The van der Waals surface area contributed by atoms with Crippen LogP contribution in [-0.2, 0) is 11.3 Å². The van der Waals surface area contributed by atoms with Crippen LogP contribution in [0.3, 0.4) is 0 Å². The SMILES string of the molecule is CC(C)(C)NC(=O)COc1ccccc1CNC(C)(C)CO. The number of aliphatic hydroxyl groups excluding tert-OH is 1. The van der Waals surface area contributed by atoms with Gasteiger partial charge in [0.15, 0.2) is 6.61 Å². The van der Waals surface area contributed by atoms with E-state index in [9.17, 15) is 9.90 Å². The average Bonchev–Trinajstić information content (AvgIpc) is 2.42. The van der Waals surface area contributed by atoms with Gasteiger partial charge in [0.2, 0.25) is 0 Å². The maximum atomic E-state index is 11.8. The van der Waals surface area contributed by atoms with Crippen molar-refractivity contribution >= 4 is 5.91 Å². The maximum Gasteiger partial charge on any atom is 0.258 e.